The molecular weight excluding hydrogens is 474 g/mol. The number of pyridine rings is 1. The first-order valence-electron chi connectivity index (χ1n) is 10.9. The monoisotopic (exact) mass is 497 g/mol. The molecule has 0 amide bonds. The topological polar surface area (TPSA) is 62.3 Å². The van der Waals surface area contributed by atoms with Gasteiger partial charge in [0, 0.05) is 34.8 Å². The van der Waals surface area contributed by atoms with E-state index >= 15 is 0 Å². The zero-order valence-electron chi connectivity index (χ0n) is 18.4. The summed E-state index contributed by atoms with van der Waals surface area (Å²) in [7, 11) is -3.83. The summed E-state index contributed by atoms with van der Waals surface area (Å²) in [6.45, 7) is 5.94. The zero-order chi connectivity index (χ0) is 23.2. The van der Waals surface area contributed by atoms with Crippen LogP contribution in [0.2, 0.25) is 5.02 Å². The fourth-order valence-corrected chi connectivity index (χ4v) is 7.02. The summed E-state index contributed by atoms with van der Waals surface area (Å²) >= 11 is 7.70. The van der Waals surface area contributed by atoms with E-state index in [0.29, 0.717) is 10.7 Å². The Bertz CT molecular complexity index is 1460. The Morgan fingerprint density at radius 2 is 1.79 bits per heavy atom. The first-order valence-corrected chi connectivity index (χ1v) is 13.5. The molecule has 5 nitrogen and oxygen atoms in total. The fraction of sp³-hybridized carbons (Fsp3) is 0.240. The Labute approximate surface area is 203 Å². The molecule has 5 rings (SSSR count). The van der Waals surface area contributed by atoms with E-state index in [2.05, 4.69) is 34.7 Å². The minimum atomic E-state index is -3.83. The molecule has 0 unspecified atom stereocenters. The number of aromatic nitrogens is 1. The van der Waals surface area contributed by atoms with Crippen LogP contribution in [-0.4, -0.2) is 26.5 Å². The van der Waals surface area contributed by atoms with Gasteiger partial charge in [-0.3, -0.25) is 4.72 Å². The van der Waals surface area contributed by atoms with E-state index in [9.17, 15) is 8.42 Å². The number of nitrogens with one attached hydrogen (secondary N) is 1. The van der Waals surface area contributed by atoms with Crippen molar-refractivity contribution in [3.8, 4) is 11.1 Å². The molecule has 1 N–H and O–H groups in total. The Kier molecular flexibility index (Phi) is 5.80. The largest absolute Gasteiger partial charge is 0.363 e. The number of nitrogens with zero attached hydrogens (tertiary/aromatic N) is 2. The highest BCUT2D eigenvalue weighted by Crippen LogP contribution is 2.48. The smallest absolute Gasteiger partial charge is 0.261 e. The summed E-state index contributed by atoms with van der Waals surface area (Å²) in [4.78, 5) is 8.15. The molecule has 1 fully saturated rings. The first kappa shape index (κ1) is 22.2. The number of sulfonamides is 1. The summed E-state index contributed by atoms with van der Waals surface area (Å²) < 4.78 is 29.4. The maximum absolute atomic E-state index is 13.3. The second kappa shape index (κ2) is 8.63. The van der Waals surface area contributed by atoms with Crippen LogP contribution in [0.1, 0.15) is 24.1 Å². The molecular formula is C25H24ClN3O2S2. The van der Waals surface area contributed by atoms with E-state index in [0.717, 1.165) is 63.5 Å². The second-order valence-corrected chi connectivity index (χ2v) is 11.5. The highest BCUT2D eigenvalue weighted by Gasteiger charge is 2.26. The highest BCUT2D eigenvalue weighted by molar-refractivity contribution is 7.92. The predicted molar refractivity (Wildman–Crippen MR) is 138 cm³/mol. The van der Waals surface area contributed by atoms with Crippen molar-refractivity contribution in [3.63, 3.8) is 0 Å². The first-order chi connectivity index (χ1) is 15.8. The lowest BCUT2D eigenvalue weighted by molar-refractivity contribution is 0.601. The van der Waals surface area contributed by atoms with Gasteiger partial charge in [-0.15, -0.1) is 0 Å². The molecule has 8 heteroatoms. The van der Waals surface area contributed by atoms with Crippen LogP contribution < -0.4 is 9.62 Å². The lowest BCUT2D eigenvalue weighted by Crippen LogP contribution is -2.17. The number of fused-ring (bicyclic) bond motifs is 1. The Hall–Kier alpha value is -2.61. The van der Waals surface area contributed by atoms with E-state index in [1.165, 1.54) is 6.07 Å². The van der Waals surface area contributed by atoms with E-state index in [1.54, 1.807) is 29.5 Å². The Morgan fingerprint density at radius 1 is 1.03 bits per heavy atom. The maximum atomic E-state index is 13.3. The van der Waals surface area contributed by atoms with Gasteiger partial charge in [-0.05, 0) is 56.5 Å². The third-order valence-corrected chi connectivity index (χ3v) is 8.56. The molecule has 0 saturated carbocycles. The van der Waals surface area contributed by atoms with Crippen molar-refractivity contribution in [2.24, 2.45) is 0 Å². The quantitative estimate of drug-likeness (QED) is 0.336. The minimum absolute atomic E-state index is 0.129. The van der Waals surface area contributed by atoms with Crippen molar-refractivity contribution in [2.45, 2.75) is 31.6 Å². The van der Waals surface area contributed by atoms with E-state index in [4.69, 9.17) is 16.6 Å². The average Bonchev–Trinajstić information content (AvgIpc) is 3.41. The van der Waals surface area contributed by atoms with Gasteiger partial charge >= 0.3 is 0 Å². The van der Waals surface area contributed by atoms with Gasteiger partial charge in [-0.1, -0.05) is 58.8 Å². The van der Waals surface area contributed by atoms with Crippen molar-refractivity contribution >= 4 is 53.9 Å². The van der Waals surface area contributed by atoms with Crippen LogP contribution in [-0.2, 0) is 10.0 Å². The van der Waals surface area contributed by atoms with Crippen LogP contribution in [0.3, 0.4) is 0 Å². The summed E-state index contributed by atoms with van der Waals surface area (Å²) in [5, 5.41) is 2.36. The van der Waals surface area contributed by atoms with Gasteiger partial charge in [-0.2, -0.15) is 0 Å². The summed E-state index contributed by atoms with van der Waals surface area (Å²) in [6.07, 6.45) is 2.31. The third kappa shape index (κ3) is 4.33. The highest BCUT2D eigenvalue weighted by atomic mass is 35.5. The standard InChI is InChI=1S/C25H24ClN3O2S2/c1-16-7-5-8-18(13-16)22-23-21(28-33(30,31)20-10-6-9-19(26)15-20)14-17(2)27-24(23)32-25(22)29-11-3-4-12-29/h5-10,13-15H,3-4,11-12H2,1-2H3,(H,27,28). The summed E-state index contributed by atoms with van der Waals surface area (Å²) in [5.74, 6) is 0. The molecule has 0 aliphatic carbocycles. The summed E-state index contributed by atoms with van der Waals surface area (Å²) in [5.41, 5.74) is 4.56. The SMILES string of the molecule is Cc1cccc(-c2c(N3CCCC3)sc3nc(C)cc(NS(=O)(=O)c4cccc(Cl)c4)c23)c1. The van der Waals surface area contributed by atoms with Crippen LogP contribution in [0, 0.1) is 13.8 Å². The maximum Gasteiger partial charge on any atom is 0.261 e. The number of rotatable bonds is 5. The lowest BCUT2D eigenvalue weighted by atomic mass is 10.0. The molecule has 170 valence electrons. The van der Waals surface area contributed by atoms with Gasteiger partial charge in [0.2, 0.25) is 0 Å². The summed E-state index contributed by atoms with van der Waals surface area (Å²) in [6, 6.07) is 16.5. The van der Waals surface area contributed by atoms with Crippen molar-refractivity contribution in [1.82, 2.24) is 4.98 Å². The Balaban J connectivity index is 1.74. The third-order valence-electron chi connectivity index (χ3n) is 5.82. The van der Waals surface area contributed by atoms with Crippen LogP contribution in [0.5, 0.6) is 0 Å². The molecule has 33 heavy (non-hydrogen) atoms. The van der Waals surface area contributed by atoms with Gasteiger partial charge in [0.15, 0.2) is 0 Å². The number of hydrogen-bond acceptors (Lipinski definition) is 5. The van der Waals surface area contributed by atoms with Crippen molar-refractivity contribution in [2.75, 3.05) is 22.7 Å². The van der Waals surface area contributed by atoms with Gasteiger partial charge < -0.3 is 4.90 Å². The van der Waals surface area contributed by atoms with Gasteiger partial charge in [0.25, 0.3) is 10.0 Å². The fourth-order valence-electron chi connectivity index (χ4n) is 4.34. The molecule has 4 aromatic rings. The van der Waals surface area contributed by atoms with Crippen molar-refractivity contribution in [1.29, 1.82) is 0 Å². The van der Waals surface area contributed by atoms with Gasteiger partial charge in [0.05, 0.1) is 10.6 Å². The molecule has 0 spiro atoms. The van der Waals surface area contributed by atoms with Crippen molar-refractivity contribution < 1.29 is 8.42 Å². The van der Waals surface area contributed by atoms with Crippen LogP contribution in [0.4, 0.5) is 10.7 Å². The van der Waals surface area contributed by atoms with Crippen molar-refractivity contribution in [3.05, 3.63) is 70.9 Å². The van der Waals surface area contributed by atoms with E-state index in [-0.39, 0.29) is 4.90 Å². The van der Waals surface area contributed by atoms with Gasteiger partial charge in [-0.25, -0.2) is 13.4 Å². The normalized spacial score (nSPS) is 14.2. The molecule has 1 aliphatic rings. The molecule has 1 aliphatic heterocycles. The number of aryl methyl sites for hydroxylation is 2. The van der Waals surface area contributed by atoms with Crippen LogP contribution >= 0.6 is 22.9 Å². The number of anilines is 2. The number of benzene rings is 2. The lowest BCUT2D eigenvalue weighted by Gasteiger charge is -2.18. The van der Waals surface area contributed by atoms with E-state index < -0.39 is 10.0 Å². The molecule has 0 bridgehead atoms. The number of halogens is 1. The van der Waals surface area contributed by atoms with E-state index in [1.807, 2.05) is 19.1 Å². The molecule has 2 aromatic heterocycles. The van der Waals surface area contributed by atoms with Crippen LogP contribution in [0.25, 0.3) is 21.3 Å². The average molecular weight is 498 g/mol. The Morgan fingerprint density at radius 3 is 2.52 bits per heavy atom. The molecule has 2 aromatic carbocycles. The zero-order valence-corrected chi connectivity index (χ0v) is 20.8. The second-order valence-electron chi connectivity index (χ2n) is 8.40. The molecule has 0 atom stereocenters. The molecule has 3 heterocycles. The minimum Gasteiger partial charge on any atom is -0.363 e. The molecule has 1 saturated heterocycles. The number of hydrogen-bond donors (Lipinski definition) is 1. The predicted octanol–water partition coefficient (Wildman–Crippen LogP) is 6.63. The molecule has 0 radical (unpaired) electrons. The van der Waals surface area contributed by atoms with Crippen LogP contribution in [0.15, 0.2) is 59.5 Å². The number of thiophene rings is 1. The van der Waals surface area contributed by atoms with Gasteiger partial charge in [0.1, 0.15) is 9.83 Å².